The average Bonchev–Trinajstić information content (AvgIpc) is 3.09. The Morgan fingerprint density at radius 1 is 1.23 bits per heavy atom. The number of hydrogen-bond acceptors (Lipinski definition) is 7. The van der Waals surface area contributed by atoms with E-state index in [2.05, 4.69) is 11.3 Å². The van der Waals surface area contributed by atoms with Crippen molar-refractivity contribution in [1.82, 2.24) is 0 Å². The normalized spacial score (nSPS) is 35.0. The van der Waals surface area contributed by atoms with Gasteiger partial charge in [-0.05, 0) is 25.7 Å². The number of carbonyl (C=O) groups excluding carboxylic acids is 4. The third-order valence-electron chi connectivity index (χ3n) is 4.64. The molecule has 0 aromatic rings. The molecule has 1 heterocycles. The molecule has 1 aliphatic heterocycles. The Morgan fingerprint density at radius 2 is 1.91 bits per heavy atom. The lowest BCUT2D eigenvalue weighted by molar-refractivity contribution is -0.164. The number of carbonyl (C=O) groups is 4. The molecule has 3 rings (SSSR count). The lowest BCUT2D eigenvalue weighted by atomic mass is 9.79. The van der Waals surface area contributed by atoms with E-state index in [1.54, 1.807) is 0 Å². The van der Waals surface area contributed by atoms with Crippen LogP contribution < -0.4 is 0 Å². The van der Waals surface area contributed by atoms with Crippen molar-refractivity contribution in [3.05, 3.63) is 12.2 Å². The maximum absolute atomic E-state index is 11.7. The van der Waals surface area contributed by atoms with Gasteiger partial charge in [0.25, 0.3) is 0 Å². The van der Waals surface area contributed by atoms with Crippen LogP contribution in [0.1, 0.15) is 19.8 Å². The molecule has 0 N–H and O–H groups in total. The monoisotopic (exact) mass is 308 g/mol. The third kappa shape index (κ3) is 2.30. The van der Waals surface area contributed by atoms with Crippen LogP contribution in [0.4, 0.5) is 0 Å². The van der Waals surface area contributed by atoms with Gasteiger partial charge >= 0.3 is 23.9 Å². The molecule has 118 valence electrons. The summed E-state index contributed by atoms with van der Waals surface area (Å²) in [5, 5.41) is 0. The number of rotatable bonds is 4. The number of fused-ring (bicyclic) bond motifs is 5. The summed E-state index contributed by atoms with van der Waals surface area (Å²) in [6.45, 7) is 4.40. The highest BCUT2D eigenvalue weighted by Crippen LogP contribution is 2.56. The summed E-state index contributed by atoms with van der Waals surface area (Å²) in [6.07, 6.45) is 0.786. The fourth-order valence-electron chi connectivity index (χ4n) is 3.78. The molecule has 0 spiro atoms. The minimum Gasteiger partial charge on any atom is -0.460 e. The fourth-order valence-corrected chi connectivity index (χ4v) is 3.78. The molecule has 3 fully saturated rings. The summed E-state index contributed by atoms with van der Waals surface area (Å²) in [5.74, 6) is -3.34. The molecule has 7 nitrogen and oxygen atoms in total. The molecule has 0 aromatic heterocycles. The summed E-state index contributed by atoms with van der Waals surface area (Å²) < 4.78 is 14.7. The number of cyclic esters (lactones) is 2. The first-order valence-corrected chi connectivity index (χ1v) is 7.16. The van der Waals surface area contributed by atoms with Gasteiger partial charge < -0.3 is 14.2 Å². The molecular formula is C15H16O7. The molecule has 2 saturated carbocycles. The third-order valence-corrected chi connectivity index (χ3v) is 4.64. The van der Waals surface area contributed by atoms with E-state index < -0.39 is 42.5 Å². The largest absolute Gasteiger partial charge is 0.460 e. The topological polar surface area (TPSA) is 96.0 Å². The Bertz CT molecular complexity index is 578. The fraction of sp³-hybridized carbons (Fsp3) is 0.600. The second-order valence-corrected chi connectivity index (χ2v) is 6.07. The second-order valence-electron chi connectivity index (χ2n) is 6.07. The van der Waals surface area contributed by atoms with E-state index in [-0.39, 0.29) is 23.3 Å². The van der Waals surface area contributed by atoms with E-state index in [1.807, 2.05) is 0 Å². The zero-order valence-corrected chi connectivity index (χ0v) is 12.1. The summed E-state index contributed by atoms with van der Waals surface area (Å²) >= 11 is 0. The summed E-state index contributed by atoms with van der Waals surface area (Å²) in [5.41, 5.74) is 0.197. The smallest absolute Gasteiger partial charge is 0.344 e. The van der Waals surface area contributed by atoms with Gasteiger partial charge in [-0.2, -0.15) is 0 Å². The van der Waals surface area contributed by atoms with Crippen LogP contribution in [-0.4, -0.2) is 36.6 Å². The highest BCUT2D eigenvalue weighted by molar-refractivity contribution is 5.97. The van der Waals surface area contributed by atoms with Crippen molar-refractivity contribution < 1.29 is 33.4 Å². The van der Waals surface area contributed by atoms with E-state index in [0.717, 1.165) is 0 Å². The van der Waals surface area contributed by atoms with Gasteiger partial charge in [-0.1, -0.05) is 6.58 Å². The molecule has 0 radical (unpaired) electrons. The maximum atomic E-state index is 11.7. The van der Waals surface area contributed by atoms with E-state index in [9.17, 15) is 19.2 Å². The molecule has 1 saturated heterocycles. The number of hydrogen-bond donors (Lipinski definition) is 0. The molecule has 0 aromatic carbocycles. The van der Waals surface area contributed by atoms with Crippen LogP contribution in [0.5, 0.6) is 0 Å². The molecule has 2 aliphatic carbocycles. The first kappa shape index (κ1) is 14.7. The van der Waals surface area contributed by atoms with Crippen LogP contribution in [0.2, 0.25) is 0 Å². The van der Waals surface area contributed by atoms with Gasteiger partial charge in [0.15, 0.2) is 6.61 Å². The molecule has 5 atom stereocenters. The van der Waals surface area contributed by atoms with Crippen LogP contribution in [0, 0.1) is 23.7 Å². The maximum Gasteiger partial charge on any atom is 0.344 e. The highest BCUT2D eigenvalue weighted by Gasteiger charge is 2.64. The predicted octanol–water partition coefficient (Wildman–Crippen LogP) is 0.373. The second kappa shape index (κ2) is 5.23. The van der Waals surface area contributed by atoms with Crippen LogP contribution in [0.25, 0.3) is 0 Å². The van der Waals surface area contributed by atoms with Gasteiger partial charge in [-0.3, -0.25) is 9.59 Å². The lowest BCUT2D eigenvalue weighted by Gasteiger charge is -2.27. The lowest BCUT2D eigenvalue weighted by Crippen LogP contribution is -2.36. The van der Waals surface area contributed by atoms with Crippen molar-refractivity contribution in [1.29, 1.82) is 0 Å². The van der Waals surface area contributed by atoms with E-state index in [1.165, 1.54) is 6.92 Å². The molecule has 22 heavy (non-hydrogen) atoms. The Kier molecular flexibility index (Phi) is 3.50. The minimum atomic E-state index is -0.665. The molecule has 2 bridgehead atoms. The SMILES string of the molecule is C=C(C)C(=O)OCC(=O)OC1CC2CC1C1C(=O)OC(=O)C21. The Morgan fingerprint density at radius 3 is 2.59 bits per heavy atom. The van der Waals surface area contributed by atoms with Crippen molar-refractivity contribution in [2.75, 3.05) is 6.61 Å². The molecule has 3 aliphatic rings. The zero-order chi connectivity index (χ0) is 16.0. The molecule has 0 amide bonds. The van der Waals surface area contributed by atoms with Gasteiger partial charge in [0, 0.05) is 11.5 Å². The van der Waals surface area contributed by atoms with Crippen molar-refractivity contribution in [3.8, 4) is 0 Å². The molecular weight excluding hydrogens is 292 g/mol. The van der Waals surface area contributed by atoms with Crippen LogP contribution in [-0.2, 0) is 33.4 Å². The van der Waals surface area contributed by atoms with Crippen LogP contribution >= 0.6 is 0 Å². The average molecular weight is 308 g/mol. The van der Waals surface area contributed by atoms with E-state index in [0.29, 0.717) is 12.8 Å². The summed E-state index contributed by atoms with van der Waals surface area (Å²) in [6, 6.07) is 0. The van der Waals surface area contributed by atoms with Gasteiger partial charge in [-0.25, -0.2) is 9.59 Å². The Labute approximate surface area is 126 Å². The summed E-state index contributed by atoms with van der Waals surface area (Å²) in [4.78, 5) is 46.3. The van der Waals surface area contributed by atoms with Gasteiger partial charge in [0.2, 0.25) is 0 Å². The first-order valence-electron chi connectivity index (χ1n) is 7.16. The van der Waals surface area contributed by atoms with Gasteiger partial charge in [0.1, 0.15) is 6.10 Å². The van der Waals surface area contributed by atoms with E-state index >= 15 is 0 Å². The molecule has 7 heteroatoms. The van der Waals surface area contributed by atoms with Crippen LogP contribution in [0.15, 0.2) is 12.2 Å². The van der Waals surface area contributed by atoms with Crippen molar-refractivity contribution in [2.45, 2.75) is 25.9 Å². The Hall–Kier alpha value is -2.18. The number of esters is 4. The standard InChI is InChI=1S/C15H16O7/c1-6(2)13(17)20-5-10(16)21-9-4-7-3-8(9)12-11(7)14(18)22-15(12)19/h7-9,11-12H,1,3-5H2,2H3. The van der Waals surface area contributed by atoms with Crippen LogP contribution in [0.3, 0.4) is 0 Å². The predicted molar refractivity (Wildman–Crippen MR) is 69.9 cm³/mol. The zero-order valence-electron chi connectivity index (χ0n) is 12.1. The van der Waals surface area contributed by atoms with Gasteiger partial charge in [0.05, 0.1) is 11.8 Å². The van der Waals surface area contributed by atoms with Crippen molar-refractivity contribution >= 4 is 23.9 Å². The number of ether oxygens (including phenoxy) is 3. The van der Waals surface area contributed by atoms with Gasteiger partial charge in [-0.15, -0.1) is 0 Å². The van der Waals surface area contributed by atoms with Crippen molar-refractivity contribution in [3.63, 3.8) is 0 Å². The quantitative estimate of drug-likeness (QED) is 0.320. The van der Waals surface area contributed by atoms with E-state index in [4.69, 9.17) is 9.47 Å². The summed E-state index contributed by atoms with van der Waals surface area (Å²) in [7, 11) is 0. The Balaban J connectivity index is 1.56. The molecule has 5 unspecified atom stereocenters. The highest BCUT2D eigenvalue weighted by atomic mass is 16.6. The minimum absolute atomic E-state index is 0.0183. The first-order chi connectivity index (χ1) is 10.4. The van der Waals surface area contributed by atoms with Crippen molar-refractivity contribution in [2.24, 2.45) is 23.7 Å².